The standard InChI is InChI=1S/C12H17BrN2O3S/c1-8-11(14)5-9(13)6-12(8)19(16,17)15-7-10-3-2-4-18-10/h5-6,10,15H,2-4,7,14H2,1H3. The fourth-order valence-electron chi connectivity index (χ4n) is 2.04. The molecule has 1 aromatic carbocycles. The van der Waals surface area contributed by atoms with E-state index in [4.69, 9.17) is 10.5 Å². The van der Waals surface area contributed by atoms with Crippen LogP contribution < -0.4 is 10.5 Å². The molecule has 0 radical (unpaired) electrons. The molecule has 0 bridgehead atoms. The molecule has 7 heteroatoms. The summed E-state index contributed by atoms with van der Waals surface area (Å²) in [5.41, 5.74) is 6.80. The molecule has 0 saturated carbocycles. The van der Waals surface area contributed by atoms with Crippen molar-refractivity contribution in [1.82, 2.24) is 4.72 Å². The molecule has 1 fully saturated rings. The van der Waals surface area contributed by atoms with Gasteiger partial charge in [-0.05, 0) is 37.5 Å². The molecule has 1 aromatic rings. The van der Waals surface area contributed by atoms with Gasteiger partial charge in [0.1, 0.15) is 0 Å². The molecule has 3 N–H and O–H groups in total. The summed E-state index contributed by atoms with van der Waals surface area (Å²) in [6, 6.07) is 3.25. The van der Waals surface area contributed by atoms with Crippen molar-refractivity contribution in [2.45, 2.75) is 30.8 Å². The molecule has 106 valence electrons. The third-order valence-electron chi connectivity index (χ3n) is 3.18. The maximum absolute atomic E-state index is 12.3. The van der Waals surface area contributed by atoms with E-state index < -0.39 is 10.0 Å². The van der Waals surface area contributed by atoms with Crippen molar-refractivity contribution in [3.05, 3.63) is 22.2 Å². The minimum atomic E-state index is -3.56. The van der Waals surface area contributed by atoms with Gasteiger partial charge in [-0.25, -0.2) is 13.1 Å². The predicted molar refractivity (Wildman–Crippen MR) is 77.5 cm³/mol. The normalized spacial score (nSPS) is 19.8. The van der Waals surface area contributed by atoms with Gasteiger partial charge in [0.15, 0.2) is 0 Å². The number of anilines is 1. The minimum absolute atomic E-state index is 0.0282. The highest BCUT2D eigenvalue weighted by Crippen LogP contribution is 2.26. The highest BCUT2D eigenvalue weighted by atomic mass is 79.9. The highest BCUT2D eigenvalue weighted by molar-refractivity contribution is 9.10. The van der Waals surface area contributed by atoms with Crippen LogP contribution in [0.1, 0.15) is 18.4 Å². The van der Waals surface area contributed by atoms with Gasteiger partial charge in [-0.15, -0.1) is 0 Å². The topological polar surface area (TPSA) is 81.4 Å². The number of halogens is 1. The molecular weight excluding hydrogens is 332 g/mol. The Kier molecular flexibility index (Phi) is 4.50. The molecule has 0 spiro atoms. The summed E-state index contributed by atoms with van der Waals surface area (Å²) in [7, 11) is -3.56. The van der Waals surface area contributed by atoms with Crippen LogP contribution in [0, 0.1) is 6.92 Å². The van der Waals surface area contributed by atoms with Crippen LogP contribution in [0.3, 0.4) is 0 Å². The Hall–Kier alpha value is -0.630. The fraction of sp³-hybridized carbons (Fsp3) is 0.500. The molecule has 1 unspecified atom stereocenters. The highest BCUT2D eigenvalue weighted by Gasteiger charge is 2.22. The van der Waals surface area contributed by atoms with Crippen LogP contribution in [0.25, 0.3) is 0 Å². The Bertz CT molecular complexity index is 569. The van der Waals surface area contributed by atoms with Crippen LogP contribution in [0.15, 0.2) is 21.5 Å². The molecule has 1 aliphatic rings. The molecule has 0 aliphatic carbocycles. The number of nitrogen functional groups attached to an aromatic ring is 1. The summed E-state index contributed by atoms with van der Waals surface area (Å²) in [6.07, 6.45) is 1.84. The van der Waals surface area contributed by atoms with Crippen molar-refractivity contribution < 1.29 is 13.2 Å². The van der Waals surface area contributed by atoms with Crippen molar-refractivity contribution in [3.63, 3.8) is 0 Å². The third-order valence-corrected chi connectivity index (χ3v) is 5.19. The summed E-state index contributed by atoms with van der Waals surface area (Å²) in [5.74, 6) is 0. The lowest BCUT2D eigenvalue weighted by atomic mass is 10.2. The van der Waals surface area contributed by atoms with E-state index in [1.165, 1.54) is 0 Å². The average Bonchev–Trinajstić information content (AvgIpc) is 2.84. The van der Waals surface area contributed by atoms with Gasteiger partial charge in [0.2, 0.25) is 10.0 Å². The fourth-order valence-corrected chi connectivity index (χ4v) is 4.03. The van der Waals surface area contributed by atoms with Gasteiger partial charge < -0.3 is 10.5 Å². The average molecular weight is 349 g/mol. The molecule has 1 aliphatic heterocycles. The summed E-state index contributed by atoms with van der Waals surface area (Å²) < 4.78 is 33.2. The third kappa shape index (κ3) is 3.47. The van der Waals surface area contributed by atoms with E-state index in [1.54, 1.807) is 19.1 Å². The molecule has 1 atom stereocenters. The maximum Gasteiger partial charge on any atom is 0.241 e. The smallest absolute Gasteiger partial charge is 0.241 e. The molecule has 1 heterocycles. The van der Waals surface area contributed by atoms with Crippen molar-refractivity contribution in [2.75, 3.05) is 18.9 Å². The van der Waals surface area contributed by atoms with E-state index in [1.807, 2.05) is 0 Å². The Balaban J connectivity index is 2.19. The quantitative estimate of drug-likeness (QED) is 0.812. The minimum Gasteiger partial charge on any atom is -0.398 e. The second-order valence-electron chi connectivity index (χ2n) is 4.61. The zero-order chi connectivity index (χ0) is 14.0. The van der Waals surface area contributed by atoms with Gasteiger partial charge in [0.25, 0.3) is 0 Å². The molecular formula is C12H17BrN2O3S. The Morgan fingerprint density at radius 2 is 2.26 bits per heavy atom. The number of rotatable bonds is 4. The summed E-state index contributed by atoms with van der Waals surface area (Å²) in [5, 5.41) is 0. The number of benzene rings is 1. The predicted octanol–water partition coefficient (Wildman–Crippen LogP) is 1.80. The number of ether oxygens (including phenoxy) is 1. The van der Waals surface area contributed by atoms with Crippen LogP contribution in [0.4, 0.5) is 5.69 Å². The first kappa shape index (κ1) is 14.8. The van der Waals surface area contributed by atoms with E-state index in [9.17, 15) is 8.42 Å². The first-order valence-corrected chi connectivity index (χ1v) is 8.34. The molecule has 19 heavy (non-hydrogen) atoms. The number of nitrogens with two attached hydrogens (primary N) is 1. The van der Waals surface area contributed by atoms with Crippen molar-refractivity contribution >= 4 is 31.6 Å². The molecule has 1 saturated heterocycles. The van der Waals surface area contributed by atoms with Crippen molar-refractivity contribution in [3.8, 4) is 0 Å². The zero-order valence-electron chi connectivity index (χ0n) is 10.6. The van der Waals surface area contributed by atoms with E-state index in [0.29, 0.717) is 28.9 Å². The lowest BCUT2D eigenvalue weighted by Crippen LogP contribution is -2.32. The van der Waals surface area contributed by atoms with Gasteiger partial charge >= 0.3 is 0 Å². The largest absolute Gasteiger partial charge is 0.398 e. The SMILES string of the molecule is Cc1c(N)cc(Br)cc1S(=O)(=O)NCC1CCCO1. The van der Waals surface area contributed by atoms with Crippen LogP contribution in [-0.4, -0.2) is 27.7 Å². The Labute approximate surface area is 121 Å². The van der Waals surface area contributed by atoms with Crippen LogP contribution in [0.5, 0.6) is 0 Å². The van der Waals surface area contributed by atoms with E-state index in [-0.39, 0.29) is 11.0 Å². The Morgan fingerprint density at radius 3 is 2.89 bits per heavy atom. The van der Waals surface area contributed by atoms with E-state index in [0.717, 1.165) is 12.8 Å². The zero-order valence-corrected chi connectivity index (χ0v) is 13.1. The molecule has 5 nitrogen and oxygen atoms in total. The molecule has 0 amide bonds. The van der Waals surface area contributed by atoms with Gasteiger partial charge in [0, 0.05) is 23.3 Å². The summed E-state index contributed by atoms with van der Waals surface area (Å²) in [4.78, 5) is 0.206. The molecule has 0 aromatic heterocycles. The number of hydrogen-bond donors (Lipinski definition) is 2. The van der Waals surface area contributed by atoms with Gasteiger partial charge in [0.05, 0.1) is 11.0 Å². The Morgan fingerprint density at radius 1 is 1.53 bits per heavy atom. The van der Waals surface area contributed by atoms with Gasteiger partial charge in [-0.3, -0.25) is 0 Å². The first-order valence-electron chi connectivity index (χ1n) is 6.07. The van der Waals surface area contributed by atoms with Crippen LogP contribution in [-0.2, 0) is 14.8 Å². The van der Waals surface area contributed by atoms with Gasteiger partial charge in [-0.2, -0.15) is 0 Å². The lowest BCUT2D eigenvalue weighted by molar-refractivity contribution is 0.114. The number of sulfonamides is 1. The lowest BCUT2D eigenvalue weighted by Gasteiger charge is -2.14. The summed E-state index contributed by atoms with van der Waals surface area (Å²) in [6.45, 7) is 2.70. The second-order valence-corrected chi connectivity index (χ2v) is 7.26. The molecule has 2 rings (SSSR count). The van der Waals surface area contributed by atoms with E-state index in [2.05, 4.69) is 20.7 Å². The first-order chi connectivity index (χ1) is 8.90. The van der Waals surface area contributed by atoms with Gasteiger partial charge in [-0.1, -0.05) is 15.9 Å². The number of hydrogen-bond acceptors (Lipinski definition) is 4. The summed E-state index contributed by atoms with van der Waals surface area (Å²) >= 11 is 3.26. The number of nitrogens with one attached hydrogen (secondary N) is 1. The van der Waals surface area contributed by atoms with Crippen molar-refractivity contribution in [1.29, 1.82) is 0 Å². The monoisotopic (exact) mass is 348 g/mol. The van der Waals surface area contributed by atoms with Crippen LogP contribution in [0.2, 0.25) is 0 Å². The second kappa shape index (κ2) is 5.78. The maximum atomic E-state index is 12.3. The van der Waals surface area contributed by atoms with Crippen LogP contribution >= 0.6 is 15.9 Å². The van der Waals surface area contributed by atoms with Crippen molar-refractivity contribution in [2.24, 2.45) is 0 Å². The van der Waals surface area contributed by atoms with E-state index >= 15 is 0 Å².